The molecule has 0 aliphatic rings. The van der Waals surface area contributed by atoms with Gasteiger partial charge in [-0.3, -0.25) is 10.1 Å². The molecule has 0 aliphatic carbocycles. The molecule has 1 unspecified atom stereocenters. The van der Waals surface area contributed by atoms with Crippen LogP contribution in [0.15, 0.2) is 30.3 Å². The number of nitrogens with one attached hydrogen (secondary N) is 1. The number of hydrogen-bond acceptors (Lipinski definition) is 3. The normalized spacial score (nSPS) is 12.1. The fourth-order valence-electron chi connectivity index (χ4n) is 1.12. The fraction of sp³-hybridized carbons (Fsp3) is 0.364. The van der Waals surface area contributed by atoms with Crippen LogP contribution in [0.25, 0.3) is 0 Å². The Hall–Kier alpha value is -1.55. The molecule has 0 bridgehead atoms. The van der Waals surface area contributed by atoms with Crippen LogP contribution in [0, 0.1) is 0 Å². The van der Waals surface area contributed by atoms with Crippen molar-refractivity contribution in [3.05, 3.63) is 30.3 Å². The summed E-state index contributed by atoms with van der Waals surface area (Å²) in [7, 11) is 0. The maximum absolute atomic E-state index is 10.4. The van der Waals surface area contributed by atoms with E-state index in [9.17, 15) is 4.79 Å². The molecule has 82 valence electrons. The summed E-state index contributed by atoms with van der Waals surface area (Å²) in [6, 6.07) is 9.29. The summed E-state index contributed by atoms with van der Waals surface area (Å²) in [6.45, 7) is 2.13. The molecule has 0 aliphatic heterocycles. The molecule has 2 N–H and O–H groups in total. The molecule has 0 radical (unpaired) electrons. The Morgan fingerprint density at radius 2 is 2.13 bits per heavy atom. The molecule has 0 amide bonds. The number of benzene rings is 1. The molecule has 0 fully saturated rings. The highest BCUT2D eigenvalue weighted by Crippen LogP contribution is 2.07. The predicted molar refractivity (Wildman–Crippen MR) is 56.8 cm³/mol. The molecule has 0 aromatic heterocycles. The smallest absolute Gasteiger partial charge is 0.304 e. The summed E-state index contributed by atoms with van der Waals surface area (Å²) in [4.78, 5) is 10.4. The van der Waals surface area contributed by atoms with Crippen LogP contribution in [0.5, 0.6) is 5.75 Å². The van der Waals surface area contributed by atoms with Crippen molar-refractivity contribution < 1.29 is 14.6 Å². The van der Waals surface area contributed by atoms with Crippen LogP contribution in [0.2, 0.25) is 0 Å². The SMILES string of the molecule is CC(CC(=O)O)NCOc1ccccc1. The second kappa shape index (κ2) is 6.03. The van der Waals surface area contributed by atoms with Crippen molar-refractivity contribution in [3.63, 3.8) is 0 Å². The van der Waals surface area contributed by atoms with Gasteiger partial charge < -0.3 is 9.84 Å². The van der Waals surface area contributed by atoms with Crippen molar-refractivity contribution in [1.82, 2.24) is 5.32 Å². The average molecular weight is 209 g/mol. The van der Waals surface area contributed by atoms with Gasteiger partial charge in [-0.1, -0.05) is 18.2 Å². The van der Waals surface area contributed by atoms with E-state index in [1.165, 1.54) is 0 Å². The Morgan fingerprint density at radius 3 is 2.73 bits per heavy atom. The maximum atomic E-state index is 10.4. The van der Waals surface area contributed by atoms with Gasteiger partial charge in [0.1, 0.15) is 12.5 Å². The van der Waals surface area contributed by atoms with E-state index >= 15 is 0 Å². The Balaban J connectivity index is 2.19. The van der Waals surface area contributed by atoms with E-state index in [0.717, 1.165) is 5.75 Å². The Kier molecular flexibility index (Phi) is 4.63. The highest BCUT2D eigenvalue weighted by atomic mass is 16.5. The molecular weight excluding hydrogens is 194 g/mol. The van der Waals surface area contributed by atoms with Crippen molar-refractivity contribution in [2.24, 2.45) is 0 Å². The van der Waals surface area contributed by atoms with Crippen LogP contribution < -0.4 is 10.1 Å². The van der Waals surface area contributed by atoms with Crippen LogP contribution in [-0.2, 0) is 4.79 Å². The highest BCUT2D eigenvalue weighted by molar-refractivity contribution is 5.67. The maximum Gasteiger partial charge on any atom is 0.304 e. The molecule has 0 saturated carbocycles. The summed E-state index contributed by atoms with van der Waals surface area (Å²) in [5.41, 5.74) is 0. The zero-order valence-corrected chi connectivity index (χ0v) is 8.64. The van der Waals surface area contributed by atoms with Crippen molar-refractivity contribution >= 4 is 5.97 Å². The zero-order valence-electron chi connectivity index (χ0n) is 8.64. The van der Waals surface area contributed by atoms with Gasteiger partial charge >= 0.3 is 5.97 Å². The minimum absolute atomic E-state index is 0.0915. The van der Waals surface area contributed by atoms with Crippen LogP contribution in [0.1, 0.15) is 13.3 Å². The number of carbonyl (C=O) groups is 1. The van der Waals surface area contributed by atoms with E-state index in [2.05, 4.69) is 5.32 Å². The van der Waals surface area contributed by atoms with Gasteiger partial charge in [0.05, 0.1) is 6.42 Å². The Labute approximate surface area is 88.9 Å². The van der Waals surface area contributed by atoms with Gasteiger partial charge in [0.25, 0.3) is 0 Å². The van der Waals surface area contributed by atoms with Crippen LogP contribution >= 0.6 is 0 Å². The second-order valence-corrected chi connectivity index (χ2v) is 3.30. The molecule has 0 heterocycles. The van der Waals surface area contributed by atoms with Gasteiger partial charge in [0.15, 0.2) is 0 Å². The molecule has 0 saturated heterocycles. The fourth-order valence-corrected chi connectivity index (χ4v) is 1.12. The number of rotatable bonds is 6. The lowest BCUT2D eigenvalue weighted by Crippen LogP contribution is -2.31. The second-order valence-electron chi connectivity index (χ2n) is 3.30. The summed E-state index contributed by atoms with van der Waals surface area (Å²) < 4.78 is 5.35. The topological polar surface area (TPSA) is 58.6 Å². The van der Waals surface area contributed by atoms with Crippen LogP contribution in [-0.4, -0.2) is 23.8 Å². The summed E-state index contributed by atoms with van der Waals surface area (Å²) in [5, 5.41) is 11.5. The van der Waals surface area contributed by atoms with Gasteiger partial charge in [-0.15, -0.1) is 0 Å². The number of hydrogen-bond donors (Lipinski definition) is 2. The van der Waals surface area contributed by atoms with Gasteiger partial charge in [-0.25, -0.2) is 0 Å². The van der Waals surface area contributed by atoms with Crippen molar-refractivity contribution in [1.29, 1.82) is 0 Å². The average Bonchev–Trinajstić information content (AvgIpc) is 2.18. The third kappa shape index (κ3) is 5.02. The van der Waals surface area contributed by atoms with E-state index in [-0.39, 0.29) is 12.5 Å². The minimum atomic E-state index is -0.810. The standard InChI is InChI=1S/C11H15NO3/c1-9(7-11(13)14)12-8-15-10-5-3-2-4-6-10/h2-6,9,12H,7-8H2,1H3,(H,13,14). The van der Waals surface area contributed by atoms with Crippen molar-refractivity contribution in [2.75, 3.05) is 6.73 Å². The van der Waals surface area contributed by atoms with E-state index in [1.807, 2.05) is 37.3 Å². The lowest BCUT2D eigenvalue weighted by atomic mass is 10.2. The molecular formula is C11H15NO3. The molecule has 4 nitrogen and oxygen atoms in total. The molecule has 1 rings (SSSR count). The first-order valence-electron chi connectivity index (χ1n) is 4.81. The van der Waals surface area contributed by atoms with Crippen LogP contribution in [0.4, 0.5) is 0 Å². The number of carboxylic acids is 1. The van der Waals surface area contributed by atoms with E-state index < -0.39 is 5.97 Å². The quantitative estimate of drug-likeness (QED) is 0.697. The highest BCUT2D eigenvalue weighted by Gasteiger charge is 2.05. The molecule has 4 heteroatoms. The lowest BCUT2D eigenvalue weighted by Gasteiger charge is -2.12. The molecule has 0 spiro atoms. The third-order valence-corrected chi connectivity index (χ3v) is 1.89. The molecule has 1 atom stereocenters. The van der Waals surface area contributed by atoms with Gasteiger partial charge in [-0.05, 0) is 19.1 Å². The summed E-state index contributed by atoms with van der Waals surface area (Å²) >= 11 is 0. The number of ether oxygens (including phenoxy) is 1. The Bertz CT molecular complexity index is 300. The number of carboxylic acid groups (broad SMARTS) is 1. The van der Waals surface area contributed by atoms with Gasteiger partial charge in [0.2, 0.25) is 0 Å². The first-order chi connectivity index (χ1) is 7.18. The summed E-state index contributed by atoms with van der Waals surface area (Å²) in [5.74, 6) is -0.0396. The first-order valence-corrected chi connectivity index (χ1v) is 4.81. The monoisotopic (exact) mass is 209 g/mol. The predicted octanol–water partition coefficient (Wildman–Crippen LogP) is 1.48. The largest absolute Gasteiger partial charge is 0.481 e. The third-order valence-electron chi connectivity index (χ3n) is 1.89. The first kappa shape index (κ1) is 11.5. The van der Waals surface area contributed by atoms with Crippen LogP contribution in [0.3, 0.4) is 0 Å². The number of aliphatic carboxylic acids is 1. The molecule has 1 aromatic carbocycles. The number of para-hydroxylation sites is 1. The Morgan fingerprint density at radius 1 is 1.47 bits per heavy atom. The minimum Gasteiger partial charge on any atom is -0.481 e. The zero-order chi connectivity index (χ0) is 11.1. The van der Waals surface area contributed by atoms with E-state index in [0.29, 0.717) is 6.73 Å². The van der Waals surface area contributed by atoms with Gasteiger partial charge in [0, 0.05) is 6.04 Å². The van der Waals surface area contributed by atoms with E-state index in [1.54, 1.807) is 0 Å². The molecule has 15 heavy (non-hydrogen) atoms. The summed E-state index contributed by atoms with van der Waals surface area (Å²) in [6.07, 6.45) is 0.0954. The molecule has 1 aromatic rings. The lowest BCUT2D eigenvalue weighted by molar-refractivity contribution is -0.137. The van der Waals surface area contributed by atoms with Crippen molar-refractivity contribution in [3.8, 4) is 5.75 Å². The van der Waals surface area contributed by atoms with Crippen molar-refractivity contribution in [2.45, 2.75) is 19.4 Å². The van der Waals surface area contributed by atoms with E-state index in [4.69, 9.17) is 9.84 Å². The van der Waals surface area contributed by atoms with Gasteiger partial charge in [-0.2, -0.15) is 0 Å².